The number of halogens is 1. The van der Waals surface area contributed by atoms with E-state index >= 15 is 0 Å². The first-order valence-electron chi connectivity index (χ1n) is 6.56. The normalized spacial score (nSPS) is 18.5. The fourth-order valence-corrected chi connectivity index (χ4v) is 3.25. The number of hydrogen-bond donors (Lipinski definition) is 2. The van der Waals surface area contributed by atoms with Crippen LogP contribution in [-0.4, -0.2) is 16.1 Å². The van der Waals surface area contributed by atoms with Crippen LogP contribution in [0.4, 0.5) is 0 Å². The van der Waals surface area contributed by atoms with Crippen LogP contribution in [0.25, 0.3) is 10.9 Å². The molecule has 1 aromatic heterocycles. The fourth-order valence-electron chi connectivity index (χ4n) is 3.09. The number of aromatic nitrogens is 1. The first kappa shape index (κ1) is 12.5. The zero-order valence-electron chi connectivity index (χ0n) is 10.8. The van der Waals surface area contributed by atoms with Gasteiger partial charge in [0.25, 0.3) is 0 Å². The Hall–Kier alpha value is -1.48. The molecule has 0 bridgehead atoms. The van der Waals surface area contributed by atoms with Crippen molar-refractivity contribution in [1.82, 2.24) is 4.98 Å². The Labute approximate surface area is 116 Å². The predicted octanol–water partition coefficient (Wildman–Crippen LogP) is 3.71. The summed E-state index contributed by atoms with van der Waals surface area (Å²) in [7, 11) is 0. The molecule has 0 saturated carbocycles. The van der Waals surface area contributed by atoms with Crippen molar-refractivity contribution in [2.24, 2.45) is 5.92 Å². The number of nitrogens with one attached hydrogen (secondary N) is 1. The Morgan fingerprint density at radius 2 is 2.32 bits per heavy atom. The molecule has 2 N–H and O–H groups in total. The summed E-state index contributed by atoms with van der Waals surface area (Å²) in [6, 6.07) is 3.97. The van der Waals surface area contributed by atoms with Gasteiger partial charge in [-0.1, -0.05) is 17.7 Å². The van der Waals surface area contributed by atoms with Gasteiger partial charge in [0, 0.05) is 22.5 Å². The summed E-state index contributed by atoms with van der Waals surface area (Å²) in [6.45, 7) is 2.02. The largest absolute Gasteiger partial charge is 0.481 e. The number of aromatic amines is 1. The number of hydrogen-bond acceptors (Lipinski definition) is 1. The maximum absolute atomic E-state index is 10.9. The van der Waals surface area contributed by atoms with Crippen molar-refractivity contribution in [2.75, 3.05) is 0 Å². The van der Waals surface area contributed by atoms with Crippen LogP contribution in [0.2, 0.25) is 5.02 Å². The monoisotopic (exact) mass is 277 g/mol. The van der Waals surface area contributed by atoms with Crippen molar-refractivity contribution in [2.45, 2.75) is 32.6 Å². The number of rotatable bonds is 2. The van der Waals surface area contributed by atoms with Gasteiger partial charge in [0.2, 0.25) is 0 Å². The number of aryl methyl sites for hydroxylation is 2. The second-order valence-electron chi connectivity index (χ2n) is 5.38. The molecular weight excluding hydrogens is 262 g/mol. The number of fused-ring (bicyclic) bond motifs is 3. The van der Waals surface area contributed by atoms with Crippen LogP contribution < -0.4 is 0 Å². The number of aliphatic carboxylic acids is 1. The molecule has 2 aromatic rings. The zero-order chi connectivity index (χ0) is 13.6. The van der Waals surface area contributed by atoms with Gasteiger partial charge < -0.3 is 10.1 Å². The summed E-state index contributed by atoms with van der Waals surface area (Å²) in [5.41, 5.74) is 4.71. The van der Waals surface area contributed by atoms with Gasteiger partial charge in [0.15, 0.2) is 0 Å². The molecule has 1 aliphatic rings. The molecule has 1 aromatic carbocycles. The van der Waals surface area contributed by atoms with E-state index in [0.717, 1.165) is 35.4 Å². The third-order valence-corrected chi connectivity index (χ3v) is 4.53. The molecule has 100 valence electrons. The first-order valence-corrected chi connectivity index (χ1v) is 6.94. The van der Waals surface area contributed by atoms with Crippen LogP contribution in [0.1, 0.15) is 29.7 Å². The summed E-state index contributed by atoms with van der Waals surface area (Å²) in [5, 5.41) is 10.9. The van der Waals surface area contributed by atoms with E-state index in [0.29, 0.717) is 0 Å². The standard InChI is InChI=1S/C15H16ClNO2/c1-8-12(16)4-3-10-11-6-9(7-14(18)19)2-5-13(11)17-15(8)10/h3-4,9,17H,2,5-7H2,1H3,(H,18,19). The molecule has 4 heteroatoms. The number of H-pyrrole nitrogens is 1. The van der Waals surface area contributed by atoms with E-state index in [1.54, 1.807) is 0 Å². The average Bonchev–Trinajstić information content (AvgIpc) is 2.72. The van der Waals surface area contributed by atoms with Crippen molar-refractivity contribution in [3.63, 3.8) is 0 Å². The molecule has 0 saturated heterocycles. The van der Waals surface area contributed by atoms with Gasteiger partial charge in [0.1, 0.15) is 0 Å². The summed E-state index contributed by atoms with van der Waals surface area (Å²) in [5.74, 6) is -0.451. The summed E-state index contributed by atoms with van der Waals surface area (Å²) in [6.07, 6.45) is 2.99. The van der Waals surface area contributed by atoms with Crippen LogP contribution in [-0.2, 0) is 17.6 Å². The Morgan fingerprint density at radius 1 is 1.53 bits per heavy atom. The predicted molar refractivity (Wildman–Crippen MR) is 75.8 cm³/mol. The van der Waals surface area contributed by atoms with Gasteiger partial charge in [-0.15, -0.1) is 0 Å². The lowest BCUT2D eigenvalue weighted by Crippen LogP contribution is -2.16. The van der Waals surface area contributed by atoms with E-state index in [9.17, 15) is 4.79 Å². The Kier molecular flexibility index (Phi) is 3.02. The van der Waals surface area contributed by atoms with Crippen LogP contribution in [0.3, 0.4) is 0 Å². The van der Waals surface area contributed by atoms with Gasteiger partial charge in [0.05, 0.1) is 5.52 Å². The SMILES string of the molecule is Cc1c(Cl)ccc2c3c([nH]c12)CCC(CC(=O)O)C3. The molecule has 1 unspecified atom stereocenters. The van der Waals surface area contributed by atoms with Gasteiger partial charge in [-0.2, -0.15) is 0 Å². The molecule has 1 aliphatic carbocycles. The molecule has 0 fully saturated rings. The topological polar surface area (TPSA) is 53.1 Å². The highest BCUT2D eigenvalue weighted by molar-refractivity contribution is 6.32. The summed E-state index contributed by atoms with van der Waals surface area (Å²) in [4.78, 5) is 14.3. The number of carboxylic acid groups (broad SMARTS) is 1. The molecule has 0 spiro atoms. The second kappa shape index (κ2) is 4.57. The quantitative estimate of drug-likeness (QED) is 0.879. The summed E-state index contributed by atoms with van der Waals surface area (Å²) < 4.78 is 0. The highest BCUT2D eigenvalue weighted by Gasteiger charge is 2.24. The van der Waals surface area contributed by atoms with Crippen molar-refractivity contribution >= 4 is 28.5 Å². The van der Waals surface area contributed by atoms with Crippen molar-refractivity contribution in [3.05, 3.63) is 34.0 Å². The van der Waals surface area contributed by atoms with Crippen LogP contribution in [0.5, 0.6) is 0 Å². The molecule has 0 radical (unpaired) electrons. The lowest BCUT2D eigenvalue weighted by Gasteiger charge is -2.20. The average molecular weight is 278 g/mol. The van der Waals surface area contributed by atoms with Crippen molar-refractivity contribution in [3.8, 4) is 0 Å². The maximum Gasteiger partial charge on any atom is 0.303 e. The Bertz CT molecular complexity index is 660. The minimum absolute atomic E-state index is 0.250. The highest BCUT2D eigenvalue weighted by Crippen LogP contribution is 2.35. The van der Waals surface area contributed by atoms with Crippen molar-refractivity contribution < 1.29 is 9.90 Å². The Morgan fingerprint density at radius 3 is 3.05 bits per heavy atom. The second-order valence-corrected chi connectivity index (χ2v) is 5.79. The number of benzene rings is 1. The van der Waals surface area contributed by atoms with Gasteiger partial charge >= 0.3 is 5.97 Å². The highest BCUT2D eigenvalue weighted by atomic mass is 35.5. The van der Waals surface area contributed by atoms with E-state index < -0.39 is 5.97 Å². The first-order chi connectivity index (χ1) is 9.06. The third kappa shape index (κ3) is 2.12. The molecule has 1 heterocycles. The van der Waals surface area contributed by atoms with E-state index in [2.05, 4.69) is 4.98 Å². The maximum atomic E-state index is 10.9. The van der Waals surface area contributed by atoms with Crippen LogP contribution in [0.15, 0.2) is 12.1 Å². The van der Waals surface area contributed by atoms with E-state index in [1.165, 1.54) is 16.6 Å². The third-order valence-electron chi connectivity index (χ3n) is 4.12. The smallest absolute Gasteiger partial charge is 0.303 e. The van der Waals surface area contributed by atoms with Gasteiger partial charge in [-0.3, -0.25) is 4.79 Å². The minimum atomic E-state index is -0.701. The van der Waals surface area contributed by atoms with Gasteiger partial charge in [-0.25, -0.2) is 0 Å². The summed E-state index contributed by atoms with van der Waals surface area (Å²) >= 11 is 6.15. The van der Waals surface area contributed by atoms with Crippen LogP contribution >= 0.6 is 11.6 Å². The fraction of sp³-hybridized carbons (Fsp3) is 0.400. The van der Waals surface area contributed by atoms with E-state index in [4.69, 9.17) is 16.7 Å². The molecule has 3 rings (SSSR count). The minimum Gasteiger partial charge on any atom is -0.481 e. The molecule has 0 amide bonds. The lowest BCUT2D eigenvalue weighted by molar-refractivity contribution is -0.138. The van der Waals surface area contributed by atoms with Gasteiger partial charge in [-0.05, 0) is 49.3 Å². The Balaban J connectivity index is 2.04. The molecule has 1 atom stereocenters. The molecule has 3 nitrogen and oxygen atoms in total. The number of carbonyl (C=O) groups is 1. The molecule has 0 aliphatic heterocycles. The lowest BCUT2D eigenvalue weighted by atomic mass is 9.84. The van der Waals surface area contributed by atoms with E-state index in [1.807, 2.05) is 19.1 Å². The van der Waals surface area contributed by atoms with E-state index in [-0.39, 0.29) is 12.3 Å². The molecular formula is C15H16ClNO2. The van der Waals surface area contributed by atoms with Crippen LogP contribution in [0, 0.1) is 12.8 Å². The molecule has 19 heavy (non-hydrogen) atoms. The number of carboxylic acids is 1. The zero-order valence-corrected chi connectivity index (χ0v) is 11.5. The van der Waals surface area contributed by atoms with Crippen molar-refractivity contribution in [1.29, 1.82) is 0 Å².